The first-order chi connectivity index (χ1) is 8.43. The molecule has 0 rings (SSSR count). The number of rotatable bonds is 9. The summed E-state index contributed by atoms with van der Waals surface area (Å²) in [6, 6.07) is 0. The lowest BCUT2D eigenvalue weighted by Gasteiger charge is -2.22. The summed E-state index contributed by atoms with van der Waals surface area (Å²) in [6.07, 6.45) is 3.58. The maximum absolute atomic E-state index is 11.8. The zero-order chi connectivity index (χ0) is 14.1. The van der Waals surface area contributed by atoms with Crippen LogP contribution in [0.15, 0.2) is 0 Å². The number of carboxylic acids is 1. The molecular weight excluding hydrogens is 232 g/mol. The summed E-state index contributed by atoms with van der Waals surface area (Å²) in [5, 5.41) is 9.08. The Kier molecular flexibility index (Phi) is 8.42. The van der Waals surface area contributed by atoms with Crippen LogP contribution < -0.4 is 0 Å². The van der Waals surface area contributed by atoms with Gasteiger partial charge in [-0.2, -0.15) is 0 Å². The van der Waals surface area contributed by atoms with E-state index in [2.05, 4.69) is 6.92 Å². The van der Waals surface area contributed by atoms with E-state index < -0.39 is 18.0 Å². The summed E-state index contributed by atoms with van der Waals surface area (Å²) < 4.78 is 5.27. The highest BCUT2D eigenvalue weighted by molar-refractivity contribution is 5.74. The normalized spacial score (nSPS) is 15.8. The lowest BCUT2D eigenvalue weighted by molar-refractivity contribution is -0.161. The standard InChI is InChI=1S/C14H26O4/c1-5-7-9-10(3)14(17)18-11(4)12(8-6-2)13(15)16/h10-12H,5-9H2,1-4H3,(H,15,16). The maximum atomic E-state index is 11.8. The number of ether oxygens (including phenoxy) is 1. The van der Waals surface area contributed by atoms with Gasteiger partial charge in [0.05, 0.1) is 11.8 Å². The van der Waals surface area contributed by atoms with E-state index in [1.165, 1.54) is 0 Å². The number of carbonyl (C=O) groups is 2. The van der Waals surface area contributed by atoms with Crippen molar-refractivity contribution in [2.75, 3.05) is 0 Å². The molecule has 3 atom stereocenters. The van der Waals surface area contributed by atoms with Crippen molar-refractivity contribution in [1.29, 1.82) is 0 Å². The molecule has 0 saturated heterocycles. The van der Waals surface area contributed by atoms with E-state index in [1.807, 2.05) is 13.8 Å². The summed E-state index contributed by atoms with van der Waals surface area (Å²) in [4.78, 5) is 22.8. The summed E-state index contributed by atoms with van der Waals surface area (Å²) in [5.74, 6) is -1.92. The topological polar surface area (TPSA) is 63.6 Å². The fourth-order valence-corrected chi connectivity index (χ4v) is 1.88. The van der Waals surface area contributed by atoms with Crippen molar-refractivity contribution in [2.45, 2.75) is 65.9 Å². The summed E-state index contributed by atoms with van der Waals surface area (Å²) in [5.41, 5.74) is 0. The van der Waals surface area contributed by atoms with Crippen LogP contribution in [-0.4, -0.2) is 23.1 Å². The third-order valence-electron chi connectivity index (χ3n) is 3.18. The molecule has 4 heteroatoms. The van der Waals surface area contributed by atoms with Crippen LogP contribution in [0.4, 0.5) is 0 Å². The molecule has 0 aliphatic rings. The van der Waals surface area contributed by atoms with Gasteiger partial charge in [0.25, 0.3) is 0 Å². The molecule has 0 aromatic carbocycles. The Hall–Kier alpha value is -1.06. The minimum absolute atomic E-state index is 0.150. The predicted octanol–water partition coefficient (Wildman–Crippen LogP) is 3.25. The third kappa shape index (κ3) is 6.03. The molecule has 0 saturated carbocycles. The monoisotopic (exact) mass is 258 g/mol. The molecule has 0 fully saturated rings. The average molecular weight is 258 g/mol. The molecule has 0 amide bonds. The second-order valence-electron chi connectivity index (χ2n) is 4.92. The third-order valence-corrected chi connectivity index (χ3v) is 3.18. The van der Waals surface area contributed by atoms with Gasteiger partial charge in [0.15, 0.2) is 0 Å². The molecule has 106 valence electrons. The lowest BCUT2D eigenvalue weighted by atomic mass is 9.98. The van der Waals surface area contributed by atoms with Gasteiger partial charge in [-0.15, -0.1) is 0 Å². The molecule has 0 aliphatic carbocycles. The van der Waals surface area contributed by atoms with Gasteiger partial charge >= 0.3 is 11.9 Å². The van der Waals surface area contributed by atoms with Gasteiger partial charge in [-0.1, -0.05) is 40.0 Å². The molecule has 0 aliphatic heterocycles. The SMILES string of the molecule is CCCCC(C)C(=O)OC(C)C(CCC)C(=O)O. The largest absolute Gasteiger partial charge is 0.481 e. The molecule has 1 N–H and O–H groups in total. The number of hydrogen-bond donors (Lipinski definition) is 1. The van der Waals surface area contributed by atoms with E-state index in [0.29, 0.717) is 6.42 Å². The predicted molar refractivity (Wildman–Crippen MR) is 70.3 cm³/mol. The molecule has 3 unspecified atom stereocenters. The summed E-state index contributed by atoms with van der Waals surface area (Å²) >= 11 is 0. The van der Waals surface area contributed by atoms with E-state index in [0.717, 1.165) is 25.7 Å². The van der Waals surface area contributed by atoms with Gasteiger partial charge < -0.3 is 9.84 Å². The second kappa shape index (κ2) is 8.95. The zero-order valence-electron chi connectivity index (χ0n) is 11.9. The van der Waals surface area contributed by atoms with Crippen LogP contribution >= 0.6 is 0 Å². The van der Waals surface area contributed by atoms with E-state index in [4.69, 9.17) is 9.84 Å². The fourth-order valence-electron chi connectivity index (χ4n) is 1.88. The van der Waals surface area contributed by atoms with Crippen LogP contribution in [0.5, 0.6) is 0 Å². The summed E-state index contributed by atoms with van der Waals surface area (Å²) in [7, 11) is 0. The van der Waals surface area contributed by atoms with Gasteiger partial charge in [-0.25, -0.2) is 0 Å². The number of carbonyl (C=O) groups excluding carboxylic acids is 1. The quantitative estimate of drug-likeness (QED) is 0.645. The van der Waals surface area contributed by atoms with E-state index in [-0.39, 0.29) is 11.9 Å². The zero-order valence-corrected chi connectivity index (χ0v) is 11.9. The van der Waals surface area contributed by atoms with Crippen molar-refractivity contribution in [2.24, 2.45) is 11.8 Å². The van der Waals surface area contributed by atoms with E-state index in [1.54, 1.807) is 6.92 Å². The molecule has 0 bridgehead atoms. The van der Waals surface area contributed by atoms with Crippen molar-refractivity contribution >= 4 is 11.9 Å². The van der Waals surface area contributed by atoms with Crippen LogP contribution in [-0.2, 0) is 14.3 Å². The second-order valence-corrected chi connectivity index (χ2v) is 4.92. The Morgan fingerprint density at radius 3 is 2.17 bits per heavy atom. The van der Waals surface area contributed by atoms with Gasteiger partial charge in [-0.3, -0.25) is 9.59 Å². The van der Waals surface area contributed by atoms with Crippen LogP contribution in [0.2, 0.25) is 0 Å². The van der Waals surface area contributed by atoms with Crippen LogP contribution in [0.3, 0.4) is 0 Å². The highest BCUT2D eigenvalue weighted by atomic mass is 16.5. The minimum atomic E-state index is -0.890. The van der Waals surface area contributed by atoms with Crippen molar-refractivity contribution in [1.82, 2.24) is 0 Å². The molecule has 0 aromatic heterocycles. The Balaban J connectivity index is 4.30. The van der Waals surface area contributed by atoms with Gasteiger partial charge in [0.2, 0.25) is 0 Å². The highest BCUT2D eigenvalue weighted by Gasteiger charge is 2.28. The number of unbranched alkanes of at least 4 members (excludes halogenated alkanes) is 1. The highest BCUT2D eigenvalue weighted by Crippen LogP contribution is 2.18. The smallest absolute Gasteiger partial charge is 0.310 e. The molecule has 18 heavy (non-hydrogen) atoms. The van der Waals surface area contributed by atoms with Crippen LogP contribution in [0.25, 0.3) is 0 Å². The lowest BCUT2D eigenvalue weighted by Crippen LogP contribution is -2.32. The average Bonchev–Trinajstić information content (AvgIpc) is 2.31. The Bertz CT molecular complexity index is 263. The number of aliphatic carboxylic acids is 1. The van der Waals surface area contributed by atoms with Gasteiger partial charge in [0.1, 0.15) is 6.10 Å². The number of hydrogen-bond acceptors (Lipinski definition) is 3. The van der Waals surface area contributed by atoms with Crippen molar-refractivity contribution in [3.8, 4) is 0 Å². The first-order valence-electron chi connectivity index (χ1n) is 6.87. The molecule has 0 spiro atoms. The van der Waals surface area contributed by atoms with Crippen LogP contribution in [0.1, 0.15) is 59.8 Å². The Labute approximate surface area is 110 Å². The van der Waals surface area contributed by atoms with Gasteiger partial charge in [0, 0.05) is 0 Å². The van der Waals surface area contributed by atoms with Crippen LogP contribution in [0, 0.1) is 11.8 Å². The minimum Gasteiger partial charge on any atom is -0.481 e. The molecule has 4 nitrogen and oxygen atoms in total. The van der Waals surface area contributed by atoms with Crippen molar-refractivity contribution in [3.63, 3.8) is 0 Å². The fraction of sp³-hybridized carbons (Fsp3) is 0.857. The van der Waals surface area contributed by atoms with E-state index >= 15 is 0 Å². The molecule has 0 radical (unpaired) electrons. The first kappa shape index (κ1) is 16.9. The molecule has 0 aromatic rings. The number of esters is 1. The Morgan fingerprint density at radius 2 is 1.72 bits per heavy atom. The first-order valence-corrected chi connectivity index (χ1v) is 6.87. The maximum Gasteiger partial charge on any atom is 0.310 e. The molecular formula is C14H26O4. The number of carboxylic acid groups (broad SMARTS) is 1. The Morgan fingerprint density at radius 1 is 1.11 bits per heavy atom. The van der Waals surface area contributed by atoms with Crippen molar-refractivity contribution in [3.05, 3.63) is 0 Å². The van der Waals surface area contributed by atoms with Crippen molar-refractivity contribution < 1.29 is 19.4 Å². The molecule has 0 heterocycles. The summed E-state index contributed by atoms with van der Waals surface area (Å²) in [6.45, 7) is 7.50. The van der Waals surface area contributed by atoms with E-state index in [9.17, 15) is 9.59 Å². The van der Waals surface area contributed by atoms with Gasteiger partial charge in [-0.05, 0) is 19.8 Å².